The molecule has 1 N–H and O–H groups in total. The van der Waals surface area contributed by atoms with Crippen molar-refractivity contribution in [2.45, 2.75) is 19.3 Å². The van der Waals surface area contributed by atoms with Crippen molar-refractivity contribution >= 4 is 0 Å². The standard InChI is InChI=1S/C11H21N5/c1-15-10-13-11(14-15)4-5-12-6-9-16-7-2-3-8-16/h10,12H,2-9H2,1H3. The SMILES string of the molecule is Cn1cnc(CCNCCN2CCCC2)n1. The van der Waals surface area contributed by atoms with E-state index >= 15 is 0 Å². The van der Waals surface area contributed by atoms with Gasteiger partial charge in [-0.05, 0) is 25.9 Å². The zero-order valence-electron chi connectivity index (χ0n) is 10.0. The van der Waals surface area contributed by atoms with Gasteiger partial charge in [0.2, 0.25) is 0 Å². The van der Waals surface area contributed by atoms with Crippen molar-refractivity contribution < 1.29 is 0 Å². The molecule has 2 heterocycles. The third-order valence-electron chi connectivity index (χ3n) is 2.98. The lowest BCUT2D eigenvalue weighted by molar-refractivity contribution is 0.336. The Morgan fingerprint density at radius 3 is 2.81 bits per heavy atom. The predicted octanol–water partition coefficient (Wildman–Crippen LogP) is 0.0430. The molecule has 0 aromatic carbocycles. The Balaban J connectivity index is 1.51. The molecule has 1 aromatic heterocycles. The minimum absolute atomic E-state index is 0.918. The largest absolute Gasteiger partial charge is 0.315 e. The summed E-state index contributed by atoms with van der Waals surface area (Å²) in [4.78, 5) is 6.71. The molecule has 0 saturated carbocycles. The lowest BCUT2D eigenvalue weighted by Gasteiger charge is -2.14. The van der Waals surface area contributed by atoms with Gasteiger partial charge in [-0.1, -0.05) is 0 Å². The zero-order valence-corrected chi connectivity index (χ0v) is 10.0. The first-order valence-corrected chi connectivity index (χ1v) is 6.12. The fraction of sp³-hybridized carbons (Fsp3) is 0.818. The molecule has 1 aliphatic heterocycles. The summed E-state index contributed by atoms with van der Waals surface area (Å²) in [6, 6.07) is 0. The van der Waals surface area contributed by atoms with Crippen molar-refractivity contribution in [1.82, 2.24) is 25.0 Å². The van der Waals surface area contributed by atoms with E-state index in [4.69, 9.17) is 0 Å². The van der Waals surface area contributed by atoms with Gasteiger partial charge in [0, 0.05) is 33.1 Å². The Labute approximate surface area is 96.8 Å². The molecule has 0 amide bonds. The van der Waals surface area contributed by atoms with E-state index < -0.39 is 0 Å². The lowest BCUT2D eigenvalue weighted by atomic mass is 10.4. The monoisotopic (exact) mass is 223 g/mol. The molecule has 0 aliphatic carbocycles. The van der Waals surface area contributed by atoms with Crippen LogP contribution in [0.3, 0.4) is 0 Å². The molecule has 5 heteroatoms. The van der Waals surface area contributed by atoms with Gasteiger partial charge in [-0.15, -0.1) is 0 Å². The molecule has 0 unspecified atom stereocenters. The molecule has 0 radical (unpaired) electrons. The van der Waals surface area contributed by atoms with Crippen molar-refractivity contribution in [3.63, 3.8) is 0 Å². The Kier molecular flexibility index (Phi) is 4.30. The van der Waals surface area contributed by atoms with Gasteiger partial charge in [-0.2, -0.15) is 5.10 Å². The quantitative estimate of drug-likeness (QED) is 0.692. The molecule has 5 nitrogen and oxygen atoms in total. The van der Waals surface area contributed by atoms with Crippen molar-refractivity contribution in [3.05, 3.63) is 12.2 Å². The minimum Gasteiger partial charge on any atom is -0.315 e. The Hall–Kier alpha value is -0.940. The zero-order chi connectivity index (χ0) is 11.2. The summed E-state index contributed by atoms with van der Waals surface area (Å²) in [6.45, 7) is 5.79. The number of rotatable bonds is 6. The van der Waals surface area contributed by atoms with Crippen LogP contribution < -0.4 is 5.32 Å². The third-order valence-corrected chi connectivity index (χ3v) is 2.98. The number of nitrogens with one attached hydrogen (secondary N) is 1. The minimum atomic E-state index is 0.918. The van der Waals surface area contributed by atoms with Crippen molar-refractivity contribution in [1.29, 1.82) is 0 Å². The Morgan fingerprint density at radius 2 is 2.12 bits per heavy atom. The predicted molar refractivity (Wildman–Crippen MR) is 63.3 cm³/mol. The molecular weight excluding hydrogens is 202 g/mol. The Morgan fingerprint density at radius 1 is 1.31 bits per heavy atom. The molecule has 1 saturated heterocycles. The molecule has 1 aromatic rings. The van der Waals surface area contributed by atoms with Gasteiger partial charge in [0.1, 0.15) is 6.33 Å². The van der Waals surface area contributed by atoms with Crippen molar-refractivity contribution in [2.75, 3.05) is 32.7 Å². The lowest BCUT2D eigenvalue weighted by Crippen LogP contribution is -2.31. The van der Waals surface area contributed by atoms with E-state index in [1.165, 1.54) is 32.5 Å². The average Bonchev–Trinajstić information content (AvgIpc) is 2.89. The molecule has 90 valence electrons. The van der Waals surface area contributed by atoms with E-state index in [9.17, 15) is 0 Å². The van der Waals surface area contributed by atoms with Crippen molar-refractivity contribution in [3.8, 4) is 0 Å². The average molecular weight is 223 g/mol. The van der Waals surface area contributed by atoms with E-state index in [0.717, 1.165) is 25.3 Å². The first-order chi connectivity index (χ1) is 7.84. The third kappa shape index (κ3) is 3.57. The summed E-state index contributed by atoms with van der Waals surface area (Å²) < 4.78 is 1.75. The van der Waals surface area contributed by atoms with Crippen LogP contribution in [-0.4, -0.2) is 52.4 Å². The van der Waals surface area contributed by atoms with Gasteiger partial charge < -0.3 is 10.2 Å². The molecule has 0 bridgehead atoms. The van der Waals surface area contributed by atoms with Gasteiger partial charge in [0.15, 0.2) is 5.82 Å². The van der Waals surface area contributed by atoms with Crippen LogP contribution in [-0.2, 0) is 13.5 Å². The van der Waals surface area contributed by atoms with Crippen LogP contribution in [0.15, 0.2) is 6.33 Å². The maximum atomic E-state index is 4.24. The first kappa shape index (κ1) is 11.5. The number of likely N-dealkylation sites (tertiary alicyclic amines) is 1. The number of aromatic nitrogens is 3. The number of nitrogens with zero attached hydrogens (tertiary/aromatic N) is 4. The highest BCUT2D eigenvalue weighted by Gasteiger charge is 2.09. The molecule has 16 heavy (non-hydrogen) atoms. The maximum Gasteiger partial charge on any atom is 0.151 e. The molecule has 1 fully saturated rings. The van der Waals surface area contributed by atoms with Gasteiger partial charge in [-0.3, -0.25) is 4.68 Å². The summed E-state index contributed by atoms with van der Waals surface area (Å²) in [5.41, 5.74) is 0. The topological polar surface area (TPSA) is 46.0 Å². The molecular formula is C11H21N5. The van der Waals surface area contributed by atoms with E-state index in [0.29, 0.717) is 0 Å². The molecule has 1 aliphatic rings. The van der Waals surface area contributed by atoms with Crippen LogP contribution in [0.2, 0.25) is 0 Å². The van der Waals surface area contributed by atoms with Gasteiger partial charge in [0.25, 0.3) is 0 Å². The van der Waals surface area contributed by atoms with E-state index in [2.05, 4.69) is 20.3 Å². The summed E-state index contributed by atoms with van der Waals surface area (Å²) in [5.74, 6) is 0.927. The fourth-order valence-corrected chi connectivity index (χ4v) is 2.07. The van der Waals surface area contributed by atoms with E-state index in [1.807, 2.05) is 7.05 Å². The van der Waals surface area contributed by atoms with Crippen LogP contribution in [0.1, 0.15) is 18.7 Å². The highest BCUT2D eigenvalue weighted by Crippen LogP contribution is 2.05. The van der Waals surface area contributed by atoms with E-state index in [1.54, 1.807) is 11.0 Å². The maximum absolute atomic E-state index is 4.24. The van der Waals surface area contributed by atoms with E-state index in [-0.39, 0.29) is 0 Å². The van der Waals surface area contributed by atoms with Crippen molar-refractivity contribution in [2.24, 2.45) is 7.05 Å². The normalized spacial score (nSPS) is 17.1. The number of hydrogen-bond acceptors (Lipinski definition) is 4. The van der Waals surface area contributed by atoms with Crippen LogP contribution in [0.25, 0.3) is 0 Å². The summed E-state index contributed by atoms with van der Waals surface area (Å²) in [5, 5.41) is 7.68. The van der Waals surface area contributed by atoms with Crippen LogP contribution in [0.5, 0.6) is 0 Å². The molecule has 2 rings (SSSR count). The highest BCUT2D eigenvalue weighted by molar-refractivity contribution is 4.82. The molecule has 0 spiro atoms. The van der Waals surface area contributed by atoms with Crippen LogP contribution >= 0.6 is 0 Å². The Bertz CT molecular complexity index is 303. The number of hydrogen-bond donors (Lipinski definition) is 1. The fourth-order valence-electron chi connectivity index (χ4n) is 2.07. The number of aryl methyl sites for hydroxylation is 1. The molecule has 0 atom stereocenters. The smallest absolute Gasteiger partial charge is 0.151 e. The summed E-state index contributed by atoms with van der Waals surface area (Å²) in [7, 11) is 1.90. The highest BCUT2D eigenvalue weighted by atomic mass is 15.3. The second-order valence-electron chi connectivity index (χ2n) is 4.38. The van der Waals surface area contributed by atoms with Gasteiger partial charge in [-0.25, -0.2) is 4.98 Å². The van der Waals surface area contributed by atoms with Gasteiger partial charge >= 0.3 is 0 Å². The van der Waals surface area contributed by atoms with Crippen LogP contribution in [0.4, 0.5) is 0 Å². The first-order valence-electron chi connectivity index (χ1n) is 6.12. The summed E-state index contributed by atoms with van der Waals surface area (Å²) >= 11 is 0. The second-order valence-corrected chi connectivity index (χ2v) is 4.38. The van der Waals surface area contributed by atoms with Gasteiger partial charge in [0.05, 0.1) is 0 Å². The van der Waals surface area contributed by atoms with Crippen LogP contribution in [0, 0.1) is 0 Å². The second kappa shape index (κ2) is 5.96. The summed E-state index contributed by atoms with van der Waals surface area (Å²) in [6.07, 6.45) is 5.41.